The number of hydrogen-bond donors (Lipinski definition) is 0. The van der Waals surface area contributed by atoms with E-state index in [1.54, 1.807) is 6.26 Å². The first-order valence-corrected chi connectivity index (χ1v) is 3.61. The van der Waals surface area contributed by atoms with Gasteiger partial charge in [0.1, 0.15) is 6.29 Å². The van der Waals surface area contributed by atoms with Crippen LogP contribution in [0.1, 0.15) is 0 Å². The summed E-state index contributed by atoms with van der Waals surface area (Å²) in [5, 5.41) is -0.657. The minimum atomic E-state index is -0.657. The molecule has 0 aliphatic carbocycles. The van der Waals surface area contributed by atoms with Crippen LogP contribution in [0.15, 0.2) is 0 Å². The highest BCUT2D eigenvalue weighted by molar-refractivity contribution is 8.00. The number of methoxy groups -OCH3 is 1. The van der Waals surface area contributed by atoms with Crippen molar-refractivity contribution in [3.05, 3.63) is 0 Å². The highest BCUT2D eigenvalue weighted by atomic mass is 32.2. The Bertz CT molecular complexity index is 113. The number of thioether (sulfide) groups is 1. The zero-order valence-electron chi connectivity index (χ0n) is 5.29. The number of rotatable bonds is 3. The number of ether oxygens (including phenoxy) is 1. The van der Waals surface area contributed by atoms with Gasteiger partial charge in [-0.25, -0.2) is 0 Å². The van der Waals surface area contributed by atoms with E-state index in [-0.39, 0.29) is 0 Å². The largest absolute Gasteiger partial charge is 0.468 e. The molecule has 0 saturated carbocycles. The molecule has 0 radical (unpaired) electrons. The molecule has 4 heteroatoms. The monoisotopic (exact) mass is 148 g/mol. The first kappa shape index (κ1) is 8.49. The second-order valence-electron chi connectivity index (χ2n) is 1.32. The van der Waals surface area contributed by atoms with Crippen molar-refractivity contribution in [2.24, 2.45) is 0 Å². The van der Waals surface area contributed by atoms with Gasteiger partial charge in [0.25, 0.3) is 0 Å². The molecule has 1 unspecified atom stereocenters. The molecule has 1 atom stereocenters. The highest BCUT2D eigenvalue weighted by Gasteiger charge is 2.15. The average molecular weight is 148 g/mol. The summed E-state index contributed by atoms with van der Waals surface area (Å²) in [7, 11) is 1.26. The van der Waals surface area contributed by atoms with Gasteiger partial charge >= 0.3 is 5.97 Å². The zero-order chi connectivity index (χ0) is 7.28. The summed E-state index contributed by atoms with van der Waals surface area (Å²) in [6.45, 7) is 0. The van der Waals surface area contributed by atoms with Crippen molar-refractivity contribution in [1.82, 2.24) is 0 Å². The van der Waals surface area contributed by atoms with E-state index >= 15 is 0 Å². The Morgan fingerprint density at radius 1 is 1.78 bits per heavy atom. The number of carbonyl (C=O) groups excluding carboxylic acids is 2. The number of hydrogen-bond acceptors (Lipinski definition) is 4. The SMILES string of the molecule is COC(=O)C(C=O)SC. The first-order valence-electron chi connectivity index (χ1n) is 2.32. The molecule has 52 valence electrons. The van der Waals surface area contributed by atoms with Gasteiger partial charge in [0.05, 0.1) is 7.11 Å². The van der Waals surface area contributed by atoms with Crippen molar-refractivity contribution in [2.45, 2.75) is 5.25 Å². The van der Waals surface area contributed by atoms with Crippen molar-refractivity contribution in [3.8, 4) is 0 Å². The summed E-state index contributed by atoms with van der Waals surface area (Å²) < 4.78 is 4.30. The predicted octanol–water partition coefficient (Wildman–Crippen LogP) is 0.0899. The van der Waals surface area contributed by atoms with Gasteiger partial charge in [0, 0.05) is 0 Å². The quantitative estimate of drug-likeness (QED) is 0.323. The van der Waals surface area contributed by atoms with Crippen LogP contribution < -0.4 is 0 Å². The van der Waals surface area contributed by atoms with Crippen LogP contribution >= 0.6 is 11.8 Å². The summed E-state index contributed by atoms with van der Waals surface area (Å²) in [5.74, 6) is -0.488. The molecule has 0 aromatic carbocycles. The maximum Gasteiger partial charge on any atom is 0.326 e. The lowest BCUT2D eigenvalue weighted by molar-refractivity contribution is -0.140. The average Bonchev–Trinajstić information content (AvgIpc) is 1.90. The zero-order valence-corrected chi connectivity index (χ0v) is 6.10. The summed E-state index contributed by atoms with van der Waals surface area (Å²) >= 11 is 1.16. The Hall–Kier alpha value is -0.510. The van der Waals surface area contributed by atoms with E-state index < -0.39 is 11.2 Å². The molecule has 0 aliphatic rings. The van der Waals surface area contributed by atoms with Gasteiger partial charge in [-0.2, -0.15) is 0 Å². The third-order valence-electron chi connectivity index (χ3n) is 0.811. The van der Waals surface area contributed by atoms with Crippen LogP contribution in [0.2, 0.25) is 0 Å². The molecule has 0 N–H and O–H groups in total. The van der Waals surface area contributed by atoms with Crippen molar-refractivity contribution < 1.29 is 14.3 Å². The molecule has 0 saturated heterocycles. The van der Waals surface area contributed by atoms with Crippen molar-refractivity contribution in [3.63, 3.8) is 0 Å². The fraction of sp³-hybridized carbons (Fsp3) is 0.600. The molecule has 0 aromatic heterocycles. The predicted molar refractivity (Wildman–Crippen MR) is 35.4 cm³/mol. The van der Waals surface area contributed by atoms with Gasteiger partial charge in [0.15, 0.2) is 5.25 Å². The lowest BCUT2D eigenvalue weighted by Crippen LogP contribution is -2.19. The van der Waals surface area contributed by atoms with Gasteiger partial charge < -0.3 is 9.53 Å². The van der Waals surface area contributed by atoms with E-state index in [4.69, 9.17) is 0 Å². The molecule has 0 fully saturated rings. The topological polar surface area (TPSA) is 43.4 Å². The van der Waals surface area contributed by atoms with E-state index in [1.165, 1.54) is 7.11 Å². The van der Waals surface area contributed by atoms with Crippen LogP contribution in [0.5, 0.6) is 0 Å². The highest BCUT2D eigenvalue weighted by Crippen LogP contribution is 2.03. The third-order valence-corrected chi connectivity index (χ3v) is 1.62. The molecule has 0 spiro atoms. The Morgan fingerprint density at radius 3 is 2.44 bits per heavy atom. The van der Waals surface area contributed by atoms with Crippen LogP contribution in [0, 0.1) is 0 Å². The van der Waals surface area contributed by atoms with E-state index in [1.807, 2.05) is 0 Å². The molecule has 0 aliphatic heterocycles. The maximum atomic E-state index is 10.5. The lowest BCUT2D eigenvalue weighted by Gasteiger charge is -2.01. The van der Waals surface area contributed by atoms with E-state index in [0.717, 1.165) is 11.8 Å². The van der Waals surface area contributed by atoms with Crippen LogP contribution in [0.4, 0.5) is 0 Å². The number of esters is 1. The fourth-order valence-corrected chi connectivity index (χ4v) is 0.723. The summed E-state index contributed by atoms with van der Waals surface area (Å²) in [5.41, 5.74) is 0. The smallest absolute Gasteiger partial charge is 0.326 e. The number of aldehydes is 1. The molecule has 0 amide bonds. The van der Waals surface area contributed by atoms with Crippen molar-refractivity contribution in [2.75, 3.05) is 13.4 Å². The molecule has 0 aromatic rings. The Balaban J connectivity index is 3.78. The van der Waals surface area contributed by atoms with Gasteiger partial charge in [-0.15, -0.1) is 11.8 Å². The fourth-order valence-electron chi connectivity index (χ4n) is 0.323. The minimum Gasteiger partial charge on any atom is -0.468 e. The minimum absolute atomic E-state index is 0.488. The molecular weight excluding hydrogens is 140 g/mol. The summed E-state index contributed by atoms with van der Waals surface area (Å²) in [6.07, 6.45) is 2.24. The second kappa shape index (κ2) is 4.38. The third kappa shape index (κ3) is 2.51. The van der Waals surface area contributed by atoms with Gasteiger partial charge in [-0.05, 0) is 6.26 Å². The lowest BCUT2D eigenvalue weighted by atomic mass is 10.5. The molecular formula is C5H8O3S. The van der Waals surface area contributed by atoms with E-state index in [9.17, 15) is 9.59 Å². The Morgan fingerprint density at radius 2 is 2.33 bits per heavy atom. The second-order valence-corrected chi connectivity index (χ2v) is 2.29. The molecule has 0 rings (SSSR count). The van der Waals surface area contributed by atoms with Crippen molar-refractivity contribution >= 4 is 24.0 Å². The normalized spacial score (nSPS) is 12.2. The maximum absolute atomic E-state index is 10.5. The number of carbonyl (C=O) groups is 2. The van der Waals surface area contributed by atoms with Gasteiger partial charge in [-0.3, -0.25) is 4.79 Å². The molecule has 9 heavy (non-hydrogen) atoms. The summed E-state index contributed by atoms with van der Waals surface area (Å²) in [4.78, 5) is 20.5. The van der Waals surface area contributed by atoms with Crippen LogP contribution in [0.3, 0.4) is 0 Å². The van der Waals surface area contributed by atoms with Gasteiger partial charge in [0.2, 0.25) is 0 Å². The Labute approximate surface area is 57.8 Å². The van der Waals surface area contributed by atoms with Crippen LogP contribution in [-0.4, -0.2) is 30.9 Å². The molecule has 0 heterocycles. The Kier molecular flexibility index (Phi) is 4.13. The van der Waals surface area contributed by atoms with Crippen LogP contribution in [-0.2, 0) is 14.3 Å². The first-order chi connectivity index (χ1) is 4.26. The van der Waals surface area contributed by atoms with Gasteiger partial charge in [-0.1, -0.05) is 0 Å². The summed E-state index contributed by atoms with van der Waals surface area (Å²) in [6, 6.07) is 0. The van der Waals surface area contributed by atoms with E-state index in [2.05, 4.69) is 4.74 Å². The molecule has 0 bridgehead atoms. The van der Waals surface area contributed by atoms with Crippen LogP contribution in [0.25, 0.3) is 0 Å². The van der Waals surface area contributed by atoms with Crippen molar-refractivity contribution in [1.29, 1.82) is 0 Å². The molecule has 3 nitrogen and oxygen atoms in total. The van der Waals surface area contributed by atoms with E-state index in [0.29, 0.717) is 6.29 Å². The standard InChI is InChI=1S/C5H8O3S/c1-8-5(7)4(3-6)9-2/h3-4H,1-2H3.